The van der Waals surface area contributed by atoms with E-state index in [0.29, 0.717) is 11.5 Å². The number of rotatable bonds is 6. The molecule has 138 valence electrons. The molecule has 3 fully saturated rings. The van der Waals surface area contributed by atoms with Crippen molar-refractivity contribution in [3.8, 4) is 0 Å². The number of hydrogen-bond donors (Lipinski definition) is 1. The van der Waals surface area contributed by atoms with Crippen molar-refractivity contribution in [3.63, 3.8) is 0 Å². The molecule has 1 N–H and O–H groups in total. The molecule has 0 amide bonds. The van der Waals surface area contributed by atoms with Crippen LogP contribution in [0.1, 0.15) is 25.3 Å². The van der Waals surface area contributed by atoms with Crippen LogP contribution < -0.4 is 0 Å². The molecule has 3 aliphatic rings. The molecule has 1 aromatic rings. The van der Waals surface area contributed by atoms with E-state index < -0.39 is 28.3 Å². The lowest BCUT2D eigenvalue weighted by atomic mass is 9.82. The second kappa shape index (κ2) is 7.56. The summed E-state index contributed by atoms with van der Waals surface area (Å²) in [6.45, 7) is 4.63. The molecule has 0 aromatic heterocycles. The summed E-state index contributed by atoms with van der Waals surface area (Å²) < 4.78 is 17.5. The average Bonchev–Trinajstić information content (AvgIpc) is 2.62. The first kappa shape index (κ1) is 18.5. The van der Waals surface area contributed by atoms with Gasteiger partial charge in [-0.05, 0) is 37.4 Å². The number of hydrogen-bond acceptors (Lipinski definition) is 5. The van der Waals surface area contributed by atoms with E-state index in [9.17, 15) is 14.1 Å². The van der Waals surface area contributed by atoms with Crippen molar-refractivity contribution in [2.75, 3.05) is 31.6 Å². The summed E-state index contributed by atoms with van der Waals surface area (Å²) in [5, 5.41) is 11.3. The zero-order valence-electron chi connectivity index (χ0n) is 14.9. The van der Waals surface area contributed by atoms with Gasteiger partial charge < -0.3 is 9.84 Å². The van der Waals surface area contributed by atoms with Crippen molar-refractivity contribution < 1.29 is 18.8 Å². The number of esters is 1. The van der Waals surface area contributed by atoms with Crippen LogP contribution in [0.25, 0.3) is 0 Å². The predicted molar refractivity (Wildman–Crippen MR) is 97.5 cm³/mol. The van der Waals surface area contributed by atoms with Gasteiger partial charge >= 0.3 is 5.97 Å². The van der Waals surface area contributed by atoms with Crippen molar-refractivity contribution >= 4 is 16.8 Å². The molecule has 4 atom stereocenters. The Balaban J connectivity index is 1.83. The second-order valence-corrected chi connectivity index (χ2v) is 8.83. The van der Waals surface area contributed by atoms with Gasteiger partial charge in [0.1, 0.15) is 6.10 Å². The number of ether oxygens (including phenoxy) is 1. The van der Waals surface area contributed by atoms with E-state index in [1.54, 1.807) is 37.4 Å². The summed E-state index contributed by atoms with van der Waals surface area (Å²) in [6, 6.07) is 8.87. The highest BCUT2D eigenvalue weighted by Gasteiger charge is 2.47. The van der Waals surface area contributed by atoms with E-state index in [4.69, 9.17) is 4.74 Å². The topological polar surface area (TPSA) is 66.8 Å². The maximum Gasteiger partial charge on any atom is 0.343 e. The van der Waals surface area contributed by atoms with Gasteiger partial charge in [0.15, 0.2) is 5.60 Å². The van der Waals surface area contributed by atoms with Gasteiger partial charge in [-0.3, -0.25) is 9.11 Å². The van der Waals surface area contributed by atoms with Gasteiger partial charge in [-0.1, -0.05) is 37.3 Å². The van der Waals surface area contributed by atoms with Gasteiger partial charge in [-0.25, -0.2) is 4.79 Å². The third kappa shape index (κ3) is 3.81. The van der Waals surface area contributed by atoms with Crippen LogP contribution in [0.3, 0.4) is 0 Å². The van der Waals surface area contributed by atoms with Crippen LogP contribution in [-0.4, -0.2) is 57.9 Å². The minimum Gasteiger partial charge on any atom is -0.458 e. The normalized spacial score (nSPS) is 30.3. The Morgan fingerprint density at radius 3 is 2.52 bits per heavy atom. The summed E-state index contributed by atoms with van der Waals surface area (Å²) in [6.07, 6.45) is 3.50. The summed E-state index contributed by atoms with van der Waals surface area (Å²) in [4.78, 5) is 15.4. The highest BCUT2D eigenvalue weighted by molar-refractivity contribution is 7.84. The highest BCUT2D eigenvalue weighted by atomic mass is 32.2. The van der Waals surface area contributed by atoms with Crippen LogP contribution in [0.15, 0.2) is 30.3 Å². The Labute approximate surface area is 151 Å². The molecule has 4 unspecified atom stereocenters. The summed E-state index contributed by atoms with van der Waals surface area (Å²) in [5.41, 5.74) is -1.28. The van der Waals surface area contributed by atoms with Gasteiger partial charge in [0, 0.05) is 35.3 Å². The summed E-state index contributed by atoms with van der Waals surface area (Å²) in [5.74, 6) is -0.505. The van der Waals surface area contributed by atoms with Crippen molar-refractivity contribution in [3.05, 3.63) is 35.9 Å². The number of benzene rings is 1. The van der Waals surface area contributed by atoms with Crippen molar-refractivity contribution in [2.45, 2.75) is 31.5 Å². The largest absolute Gasteiger partial charge is 0.458 e. The highest BCUT2D eigenvalue weighted by Crippen LogP contribution is 2.35. The number of nitrogens with zero attached hydrogens (tertiary/aromatic N) is 1. The van der Waals surface area contributed by atoms with Crippen molar-refractivity contribution in [1.82, 2.24) is 4.90 Å². The molecular weight excluding hydrogens is 338 g/mol. The molecule has 0 aliphatic carbocycles. The fourth-order valence-electron chi connectivity index (χ4n) is 4.04. The minimum absolute atomic E-state index is 0.162. The number of aliphatic hydroxyl groups is 1. The molecule has 25 heavy (non-hydrogen) atoms. The summed E-state index contributed by atoms with van der Waals surface area (Å²) >= 11 is 0. The van der Waals surface area contributed by atoms with Gasteiger partial charge in [0.2, 0.25) is 0 Å². The zero-order valence-corrected chi connectivity index (χ0v) is 15.7. The van der Waals surface area contributed by atoms with E-state index >= 15 is 0 Å². The molecule has 2 bridgehead atoms. The van der Waals surface area contributed by atoms with Gasteiger partial charge in [-0.2, -0.15) is 0 Å². The minimum atomic E-state index is -1.78. The number of carbonyl (C=O) groups is 1. The van der Waals surface area contributed by atoms with Crippen LogP contribution in [0.4, 0.5) is 0 Å². The smallest absolute Gasteiger partial charge is 0.343 e. The first-order valence-corrected chi connectivity index (χ1v) is 10.7. The molecule has 3 aliphatic heterocycles. The number of fused-ring (bicyclic) bond motifs is 3. The van der Waals surface area contributed by atoms with Crippen LogP contribution in [0.2, 0.25) is 0 Å². The zero-order chi connectivity index (χ0) is 18.0. The Bertz CT molecular complexity index is 630. The molecule has 0 saturated carbocycles. The lowest BCUT2D eigenvalue weighted by Crippen LogP contribution is -2.54. The SMILES string of the molecule is CC(CS(C)=O)C(O)(C(=O)OC1CN2CCC1CC2)c1ccccc1. The Hall–Kier alpha value is -1.24. The van der Waals surface area contributed by atoms with E-state index in [2.05, 4.69) is 4.90 Å². The lowest BCUT2D eigenvalue weighted by Gasteiger charge is -2.45. The number of piperidine rings is 3. The standard InChI is InChI=1S/C19H27NO4S/c1-14(13-25(2)23)19(22,16-6-4-3-5-7-16)18(21)24-17-12-20-10-8-15(17)9-11-20/h3-7,14-15,17,22H,8-13H2,1-2H3. The molecule has 1 aromatic carbocycles. The molecule has 4 rings (SSSR count). The molecule has 5 nitrogen and oxygen atoms in total. The Morgan fingerprint density at radius 2 is 2.00 bits per heavy atom. The van der Waals surface area contributed by atoms with Gasteiger partial charge in [0.05, 0.1) is 0 Å². The van der Waals surface area contributed by atoms with Gasteiger partial charge in [0.25, 0.3) is 0 Å². The van der Waals surface area contributed by atoms with E-state index in [-0.39, 0.29) is 11.9 Å². The van der Waals surface area contributed by atoms with Crippen LogP contribution in [0.5, 0.6) is 0 Å². The fourth-order valence-corrected chi connectivity index (χ4v) is 4.99. The van der Waals surface area contributed by atoms with Crippen LogP contribution >= 0.6 is 0 Å². The number of carbonyl (C=O) groups excluding carboxylic acids is 1. The molecule has 6 heteroatoms. The van der Waals surface area contributed by atoms with Crippen LogP contribution in [0, 0.1) is 11.8 Å². The molecule has 0 radical (unpaired) electrons. The second-order valence-electron chi connectivity index (χ2n) is 7.36. The Morgan fingerprint density at radius 1 is 1.36 bits per heavy atom. The van der Waals surface area contributed by atoms with E-state index in [0.717, 1.165) is 32.5 Å². The monoisotopic (exact) mass is 365 g/mol. The summed E-state index contributed by atoms with van der Waals surface area (Å²) in [7, 11) is -1.12. The maximum absolute atomic E-state index is 13.0. The third-order valence-electron chi connectivity index (χ3n) is 5.58. The van der Waals surface area contributed by atoms with Crippen molar-refractivity contribution in [1.29, 1.82) is 0 Å². The van der Waals surface area contributed by atoms with E-state index in [1.165, 1.54) is 0 Å². The van der Waals surface area contributed by atoms with E-state index in [1.807, 2.05) is 6.07 Å². The molecular formula is C19H27NO4S. The Kier molecular flexibility index (Phi) is 5.61. The fraction of sp³-hybridized carbons (Fsp3) is 0.632. The van der Waals surface area contributed by atoms with Crippen molar-refractivity contribution in [2.24, 2.45) is 11.8 Å². The molecule has 3 saturated heterocycles. The molecule has 0 spiro atoms. The van der Waals surface area contributed by atoms with Gasteiger partial charge in [-0.15, -0.1) is 0 Å². The first-order chi connectivity index (χ1) is 11.9. The quantitative estimate of drug-likeness (QED) is 0.775. The lowest BCUT2D eigenvalue weighted by molar-refractivity contribution is -0.186. The van der Waals surface area contributed by atoms with Crippen LogP contribution in [-0.2, 0) is 25.9 Å². The predicted octanol–water partition coefficient (Wildman–Crippen LogP) is 1.53. The third-order valence-corrected chi connectivity index (χ3v) is 6.55. The molecule has 3 heterocycles. The maximum atomic E-state index is 13.0. The first-order valence-electron chi connectivity index (χ1n) is 8.92. The average molecular weight is 365 g/mol.